The Hall–Kier alpha value is -1.55. The molecule has 1 aromatic rings. The molecule has 0 aliphatic rings. The average molecular weight is 294 g/mol. The second-order valence-corrected chi connectivity index (χ2v) is 5.56. The van der Waals surface area contributed by atoms with Crippen LogP contribution in [0.5, 0.6) is 5.75 Å². The van der Waals surface area contributed by atoms with Crippen LogP contribution in [0.1, 0.15) is 38.7 Å². The van der Waals surface area contributed by atoms with Crippen molar-refractivity contribution < 1.29 is 19.4 Å². The molecule has 4 nitrogen and oxygen atoms in total. The number of ether oxygens (including phenoxy) is 2. The van der Waals surface area contributed by atoms with Crippen LogP contribution in [0.2, 0.25) is 0 Å². The van der Waals surface area contributed by atoms with E-state index in [2.05, 4.69) is 6.92 Å². The fraction of sp³-hybridized carbons (Fsp3) is 0.588. The topological polar surface area (TPSA) is 55.8 Å². The van der Waals surface area contributed by atoms with Crippen molar-refractivity contribution in [3.8, 4) is 5.75 Å². The van der Waals surface area contributed by atoms with E-state index in [0.29, 0.717) is 12.8 Å². The predicted octanol–water partition coefficient (Wildman–Crippen LogP) is 2.97. The second kappa shape index (κ2) is 8.03. The summed E-state index contributed by atoms with van der Waals surface area (Å²) >= 11 is 0. The standard InChI is InChI=1S/C17H26O4/c1-5-6-10-14(16(18)21-4)17(2,19)12-13-9-7-8-11-15(13)20-3/h7-9,11,14,19H,5-6,10,12H2,1-4H3. The quantitative estimate of drug-likeness (QED) is 0.749. The van der Waals surface area contributed by atoms with Gasteiger partial charge in [-0.05, 0) is 25.0 Å². The van der Waals surface area contributed by atoms with Gasteiger partial charge in [0, 0.05) is 6.42 Å². The maximum atomic E-state index is 12.0. The normalized spacial score (nSPS) is 15.1. The Morgan fingerprint density at radius 2 is 2.00 bits per heavy atom. The van der Waals surface area contributed by atoms with E-state index in [-0.39, 0.29) is 5.97 Å². The summed E-state index contributed by atoms with van der Waals surface area (Å²) in [5.41, 5.74) is -0.285. The third kappa shape index (κ3) is 4.74. The molecule has 0 spiro atoms. The van der Waals surface area contributed by atoms with Crippen LogP contribution in [-0.2, 0) is 16.0 Å². The summed E-state index contributed by atoms with van der Waals surface area (Å²) in [5, 5.41) is 10.8. The van der Waals surface area contributed by atoms with Crippen molar-refractivity contribution in [1.82, 2.24) is 0 Å². The van der Waals surface area contributed by atoms with Crippen molar-refractivity contribution in [3.63, 3.8) is 0 Å². The van der Waals surface area contributed by atoms with Gasteiger partial charge in [-0.25, -0.2) is 0 Å². The number of aliphatic hydroxyl groups is 1. The van der Waals surface area contributed by atoms with E-state index < -0.39 is 11.5 Å². The van der Waals surface area contributed by atoms with Gasteiger partial charge in [0.05, 0.1) is 25.7 Å². The molecule has 4 heteroatoms. The van der Waals surface area contributed by atoms with Crippen LogP contribution in [0.25, 0.3) is 0 Å². The van der Waals surface area contributed by atoms with Crippen LogP contribution < -0.4 is 4.74 Å². The van der Waals surface area contributed by atoms with Crippen LogP contribution in [0.4, 0.5) is 0 Å². The number of rotatable bonds is 8. The van der Waals surface area contributed by atoms with Gasteiger partial charge < -0.3 is 14.6 Å². The summed E-state index contributed by atoms with van der Waals surface area (Å²) in [6.07, 6.45) is 2.81. The number of hydrogen-bond donors (Lipinski definition) is 1. The Morgan fingerprint density at radius 3 is 2.57 bits per heavy atom. The molecule has 0 heterocycles. The maximum absolute atomic E-state index is 12.0. The smallest absolute Gasteiger partial charge is 0.311 e. The minimum atomic E-state index is -1.17. The van der Waals surface area contributed by atoms with Gasteiger partial charge in [0.2, 0.25) is 0 Å². The molecule has 0 aromatic heterocycles. The van der Waals surface area contributed by atoms with Gasteiger partial charge in [-0.3, -0.25) is 4.79 Å². The Balaban J connectivity index is 2.96. The highest BCUT2D eigenvalue weighted by molar-refractivity contribution is 5.73. The average Bonchev–Trinajstić information content (AvgIpc) is 2.47. The molecule has 1 rings (SSSR count). The molecule has 0 amide bonds. The molecule has 0 saturated carbocycles. The zero-order valence-electron chi connectivity index (χ0n) is 13.4. The van der Waals surface area contributed by atoms with Crippen LogP contribution >= 0.6 is 0 Å². The number of carbonyl (C=O) groups excluding carboxylic acids is 1. The van der Waals surface area contributed by atoms with Gasteiger partial charge in [0.15, 0.2) is 0 Å². The first-order valence-electron chi connectivity index (χ1n) is 7.38. The number of unbranched alkanes of at least 4 members (excludes halogenated alkanes) is 1. The lowest BCUT2D eigenvalue weighted by molar-refractivity contribution is -0.155. The second-order valence-electron chi connectivity index (χ2n) is 5.56. The van der Waals surface area contributed by atoms with E-state index in [4.69, 9.17) is 9.47 Å². The van der Waals surface area contributed by atoms with E-state index in [9.17, 15) is 9.90 Å². The molecular weight excluding hydrogens is 268 g/mol. The molecule has 2 unspecified atom stereocenters. The first kappa shape index (κ1) is 17.5. The van der Waals surface area contributed by atoms with Crippen molar-refractivity contribution >= 4 is 5.97 Å². The first-order valence-corrected chi connectivity index (χ1v) is 7.38. The van der Waals surface area contributed by atoms with E-state index in [1.54, 1.807) is 14.0 Å². The highest BCUT2D eigenvalue weighted by Crippen LogP contribution is 2.31. The minimum Gasteiger partial charge on any atom is -0.496 e. The van der Waals surface area contributed by atoms with Crippen molar-refractivity contribution in [2.24, 2.45) is 5.92 Å². The van der Waals surface area contributed by atoms with Gasteiger partial charge in [-0.1, -0.05) is 38.0 Å². The fourth-order valence-electron chi connectivity index (χ4n) is 2.59. The lowest BCUT2D eigenvalue weighted by Gasteiger charge is -2.31. The molecule has 0 saturated heterocycles. The molecule has 21 heavy (non-hydrogen) atoms. The number of benzene rings is 1. The molecule has 0 fully saturated rings. The minimum absolute atomic E-state index is 0.348. The van der Waals surface area contributed by atoms with Gasteiger partial charge in [0.1, 0.15) is 5.75 Å². The van der Waals surface area contributed by atoms with Gasteiger partial charge in [-0.15, -0.1) is 0 Å². The molecule has 0 aliphatic heterocycles. The highest BCUT2D eigenvalue weighted by atomic mass is 16.5. The zero-order chi connectivity index (χ0) is 15.9. The Labute approximate surface area is 127 Å². The third-order valence-corrected chi connectivity index (χ3v) is 3.82. The highest BCUT2D eigenvalue weighted by Gasteiger charge is 2.38. The first-order chi connectivity index (χ1) is 9.96. The summed E-state index contributed by atoms with van der Waals surface area (Å²) in [4.78, 5) is 12.0. The van der Waals surface area contributed by atoms with Crippen LogP contribution in [0.15, 0.2) is 24.3 Å². The lowest BCUT2D eigenvalue weighted by atomic mass is 9.80. The zero-order valence-corrected chi connectivity index (χ0v) is 13.4. The SMILES string of the molecule is CCCCC(C(=O)OC)C(C)(O)Cc1ccccc1OC. The molecule has 0 radical (unpaired) electrons. The Morgan fingerprint density at radius 1 is 1.33 bits per heavy atom. The van der Waals surface area contributed by atoms with Gasteiger partial charge in [0.25, 0.3) is 0 Å². The molecule has 1 N–H and O–H groups in total. The van der Waals surface area contributed by atoms with Crippen LogP contribution in [0.3, 0.4) is 0 Å². The predicted molar refractivity (Wildman–Crippen MR) is 82.4 cm³/mol. The number of esters is 1. The summed E-state index contributed by atoms with van der Waals surface area (Å²) in [6.45, 7) is 3.75. The van der Waals surface area contributed by atoms with Crippen molar-refractivity contribution in [2.45, 2.75) is 45.1 Å². The van der Waals surface area contributed by atoms with Crippen LogP contribution in [0, 0.1) is 5.92 Å². The number of methoxy groups -OCH3 is 2. The summed E-state index contributed by atoms with van der Waals surface area (Å²) in [6, 6.07) is 7.53. The molecule has 2 atom stereocenters. The van der Waals surface area contributed by atoms with Crippen molar-refractivity contribution in [3.05, 3.63) is 29.8 Å². The van der Waals surface area contributed by atoms with Gasteiger partial charge >= 0.3 is 5.97 Å². The summed E-state index contributed by atoms with van der Waals surface area (Å²) in [5.74, 6) is -0.174. The van der Waals surface area contributed by atoms with Gasteiger partial charge in [-0.2, -0.15) is 0 Å². The summed E-state index contributed by atoms with van der Waals surface area (Å²) in [7, 11) is 2.96. The molecule has 118 valence electrons. The largest absolute Gasteiger partial charge is 0.496 e. The number of hydrogen-bond acceptors (Lipinski definition) is 4. The fourth-order valence-corrected chi connectivity index (χ4v) is 2.59. The summed E-state index contributed by atoms with van der Waals surface area (Å²) < 4.78 is 10.2. The molecular formula is C17H26O4. The maximum Gasteiger partial charge on any atom is 0.311 e. The van der Waals surface area contributed by atoms with E-state index >= 15 is 0 Å². The van der Waals surface area contributed by atoms with Crippen molar-refractivity contribution in [2.75, 3.05) is 14.2 Å². The van der Waals surface area contributed by atoms with E-state index in [1.165, 1.54) is 7.11 Å². The molecule has 0 bridgehead atoms. The monoisotopic (exact) mass is 294 g/mol. The third-order valence-electron chi connectivity index (χ3n) is 3.82. The van der Waals surface area contributed by atoms with E-state index in [0.717, 1.165) is 24.2 Å². The lowest BCUT2D eigenvalue weighted by Crippen LogP contribution is -2.42. The molecule has 0 aliphatic carbocycles. The number of para-hydroxylation sites is 1. The van der Waals surface area contributed by atoms with Crippen LogP contribution in [-0.4, -0.2) is 30.9 Å². The molecule has 1 aromatic carbocycles. The van der Waals surface area contributed by atoms with E-state index in [1.807, 2.05) is 24.3 Å². The Bertz CT molecular complexity index is 454. The van der Waals surface area contributed by atoms with Crippen molar-refractivity contribution in [1.29, 1.82) is 0 Å². The number of carbonyl (C=O) groups is 1. The Kier molecular flexibility index (Phi) is 6.69.